The van der Waals surface area contributed by atoms with Crippen LogP contribution in [0.2, 0.25) is 0 Å². The molecule has 0 saturated carbocycles. The van der Waals surface area contributed by atoms with E-state index in [0.717, 1.165) is 18.0 Å². The summed E-state index contributed by atoms with van der Waals surface area (Å²) in [6.45, 7) is 7.72. The Morgan fingerprint density at radius 3 is 2.28 bits per heavy atom. The Kier molecular flexibility index (Phi) is 5.30. The number of pyridine rings is 1. The summed E-state index contributed by atoms with van der Waals surface area (Å²) in [4.78, 5) is 7.82. The fourth-order valence-electron chi connectivity index (χ4n) is 1.95. The van der Waals surface area contributed by atoms with Crippen LogP contribution in [0.5, 0.6) is 0 Å². The average molecular weight is 391 g/mol. The molecule has 0 fully saturated rings. The zero-order valence-corrected chi connectivity index (χ0v) is 16.2. The monoisotopic (exact) mass is 391 g/mol. The van der Waals surface area contributed by atoms with Crippen molar-refractivity contribution in [3.05, 3.63) is 40.7 Å². The van der Waals surface area contributed by atoms with Crippen molar-refractivity contribution in [3.8, 4) is 0 Å². The molecule has 9 heteroatoms. The molecule has 0 saturated heterocycles. The number of nitrogens with zero attached hydrogens (tertiary/aromatic N) is 3. The first-order chi connectivity index (χ1) is 11.3. The summed E-state index contributed by atoms with van der Waals surface area (Å²) >= 11 is 1.30. The zero-order chi connectivity index (χ0) is 19.0. The van der Waals surface area contributed by atoms with Gasteiger partial charge in [-0.15, -0.1) is 11.3 Å². The molecule has 0 N–H and O–H groups in total. The van der Waals surface area contributed by atoms with E-state index in [9.17, 15) is 17.4 Å². The van der Waals surface area contributed by atoms with Crippen molar-refractivity contribution in [2.45, 2.75) is 44.5 Å². The standard InChI is InChI=1S/C16H20F3N3OS2/c1-10(11-6-7-12(20-8-11)16(17,18)19)25(5,23)22-14-21-13(9-24-14)15(2,3)4/h6-10H,1-5H3. The normalized spacial score (nSPS) is 16.3. The SMILES string of the molecule is CC(c1ccc(C(F)(F)F)nc1)S(C)(=O)=Nc1nc(C(C)(C)C)cs1. The van der Waals surface area contributed by atoms with E-state index in [1.165, 1.54) is 23.7 Å². The summed E-state index contributed by atoms with van der Waals surface area (Å²) in [7, 11) is -2.75. The molecule has 0 aliphatic carbocycles. The third-order valence-corrected chi connectivity index (χ3v) is 6.69. The molecule has 0 bridgehead atoms. The summed E-state index contributed by atoms with van der Waals surface area (Å²) in [6, 6.07) is 2.18. The molecule has 2 rings (SSSR count). The van der Waals surface area contributed by atoms with Crippen LogP contribution >= 0.6 is 11.3 Å². The van der Waals surface area contributed by atoms with Gasteiger partial charge in [0.15, 0.2) is 0 Å². The molecule has 0 amide bonds. The highest BCUT2D eigenvalue weighted by Gasteiger charge is 2.32. The van der Waals surface area contributed by atoms with Crippen molar-refractivity contribution >= 4 is 26.2 Å². The minimum Gasteiger partial charge on any atom is -0.251 e. The predicted octanol–water partition coefficient (Wildman–Crippen LogP) is 5.34. The first-order valence-electron chi connectivity index (χ1n) is 7.51. The third-order valence-electron chi connectivity index (χ3n) is 3.72. The van der Waals surface area contributed by atoms with Gasteiger partial charge in [-0.2, -0.15) is 17.5 Å². The number of hydrogen-bond acceptors (Lipinski definition) is 5. The second-order valence-electron chi connectivity index (χ2n) is 6.83. The molecule has 0 spiro atoms. The lowest BCUT2D eigenvalue weighted by Crippen LogP contribution is -2.12. The highest BCUT2D eigenvalue weighted by molar-refractivity contribution is 7.93. The van der Waals surface area contributed by atoms with Crippen LogP contribution in [0.15, 0.2) is 28.1 Å². The van der Waals surface area contributed by atoms with E-state index in [2.05, 4.69) is 14.3 Å². The van der Waals surface area contributed by atoms with Crippen LogP contribution in [-0.2, 0) is 21.3 Å². The van der Waals surface area contributed by atoms with Crippen molar-refractivity contribution in [3.63, 3.8) is 0 Å². The number of rotatable bonds is 3. The Morgan fingerprint density at radius 2 is 1.84 bits per heavy atom. The molecule has 2 aromatic heterocycles. The van der Waals surface area contributed by atoms with Crippen molar-refractivity contribution in [1.29, 1.82) is 0 Å². The Hall–Kier alpha value is -1.48. The number of hydrogen-bond donors (Lipinski definition) is 0. The summed E-state index contributed by atoms with van der Waals surface area (Å²) in [6.07, 6.45) is -1.91. The van der Waals surface area contributed by atoms with Gasteiger partial charge in [0, 0.05) is 23.2 Å². The van der Waals surface area contributed by atoms with Crippen LogP contribution in [0.3, 0.4) is 0 Å². The van der Waals surface area contributed by atoms with Gasteiger partial charge in [0.2, 0.25) is 5.13 Å². The maximum absolute atomic E-state index is 12.9. The number of halogens is 3. The zero-order valence-electron chi connectivity index (χ0n) is 14.6. The molecule has 0 aromatic carbocycles. The number of alkyl halides is 3. The second kappa shape index (κ2) is 6.68. The van der Waals surface area contributed by atoms with Gasteiger partial charge in [-0.05, 0) is 18.6 Å². The van der Waals surface area contributed by atoms with Crippen molar-refractivity contribution in [2.24, 2.45) is 4.36 Å². The van der Waals surface area contributed by atoms with Crippen LogP contribution in [-0.4, -0.2) is 20.4 Å². The minimum atomic E-state index is -4.50. The first-order valence-corrected chi connectivity index (χ1v) is 10.4. The minimum absolute atomic E-state index is 0.137. The quantitative estimate of drug-likeness (QED) is 0.709. The molecule has 0 aliphatic heterocycles. The number of thiazole rings is 1. The Balaban J connectivity index is 2.32. The Morgan fingerprint density at radius 1 is 1.20 bits per heavy atom. The molecule has 138 valence electrons. The van der Waals surface area contributed by atoms with E-state index in [4.69, 9.17) is 0 Å². The van der Waals surface area contributed by atoms with E-state index < -0.39 is 26.8 Å². The van der Waals surface area contributed by atoms with Crippen LogP contribution in [0, 0.1) is 0 Å². The van der Waals surface area contributed by atoms with Crippen LogP contribution in [0.25, 0.3) is 0 Å². The van der Waals surface area contributed by atoms with Crippen molar-refractivity contribution in [2.75, 3.05) is 6.26 Å². The lowest BCUT2D eigenvalue weighted by Gasteiger charge is -2.15. The Labute approximate surface area is 149 Å². The number of aromatic nitrogens is 2. The fraction of sp³-hybridized carbons (Fsp3) is 0.500. The van der Waals surface area contributed by atoms with Gasteiger partial charge in [-0.3, -0.25) is 4.98 Å². The van der Waals surface area contributed by atoms with Gasteiger partial charge in [0.25, 0.3) is 0 Å². The van der Waals surface area contributed by atoms with Crippen molar-refractivity contribution < 1.29 is 17.4 Å². The molecule has 2 atom stereocenters. The van der Waals surface area contributed by atoms with E-state index >= 15 is 0 Å². The molecule has 2 heterocycles. The first kappa shape index (κ1) is 19.8. The van der Waals surface area contributed by atoms with Crippen LogP contribution < -0.4 is 0 Å². The van der Waals surface area contributed by atoms with Crippen LogP contribution in [0.4, 0.5) is 18.3 Å². The van der Waals surface area contributed by atoms with Gasteiger partial charge in [0.1, 0.15) is 5.69 Å². The summed E-state index contributed by atoms with van der Waals surface area (Å²) < 4.78 is 55.0. The average Bonchev–Trinajstić information content (AvgIpc) is 2.93. The topological polar surface area (TPSA) is 55.2 Å². The lowest BCUT2D eigenvalue weighted by molar-refractivity contribution is -0.141. The summed E-state index contributed by atoms with van der Waals surface area (Å²) in [5, 5.41) is 1.70. The molecule has 4 nitrogen and oxygen atoms in total. The fourth-order valence-corrected chi connectivity index (χ4v) is 4.49. The van der Waals surface area contributed by atoms with Crippen LogP contribution in [0.1, 0.15) is 49.9 Å². The van der Waals surface area contributed by atoms with E-state index in [0.29, 0.717) is 10.7 Å². The maximum Gasteiger partial charge on any atom is 0.433 e. The van der Waals surface area contributed by atoms with Gasteiger partial charge < -0.3 is 0 Å². The third kappa shape index (κ3) is 4.78. The summed E-state index contributed by atoms with van der Waals surface area (Å²) in [5.41, 5.74) is 0.187. The van der Waals surface area contributed by atoms with E-state index in [1.807, 2.05) is 26.2 Å². The highest BCUT2D eigenvalue weighted by atomic mass is 32.2. The lowest BCUT2D eigenvalue weighted by atomic mass is 9.93. The van der Waals surface area contributed by atoms with E-state index in [1.54, 1.807) is 6.92 Å². The van der Waals surface area contributed by atoms with E-state index in [-0.39, 0.29) is 5.41 Å². The van der Waals surface area contributed by atoms with Gasteiger partial charge in [-0.1, -0.05) is 26.8 Å². The van der Waals surface area contributed by atoms with Gasteiger partial charge in [-0.25, -0.2) is 9.19 Å². The highest BCUT2D eigenvalue weighted by Crippen LogP contribution is 2.32. The van der Waals surface area contributed by atoms with Gasteiger partial charge >= 0.3 is 6.18 Å². The molecular weight excluding hydrogens is 371 g/mol. The molecule has 2 unspecified atom stereocenters. The smallest absolute Gasteiger partial charge is 0.251 e. The maximum atomic E-state index is 12.9. The Bertz CT molecular complexity index is 858. The molecule has 25 heavy (non-hydrogen) atoms. The van der Waals surface area contributed by atoms with Crippen molar-refractivity contribution in [1.82, 2.24) is 9.97 Å². The molecule has 0 radical (unpaired) electrons. The second-order valence-corrected chi connectivity index (χ2v) is 10.3. The predicted molar refractivity (Wildman–Crippen MR) is 94.6 cm³/mol. The molecule has 0 aliphatic rings. The molecule has 2 aromatic rings. The summed E-state index contributed by atoms with van der Waals surface area (Å²) in [5.74, 6) is 0. The largest absolute Gasteiger partial charge is 0.433 e. The molecular formula is C16H20F3N3OS2. The van der Waals surface area contributed by atoms with Gasteiger partial charge in [0.05, 0.1) is 20.7 Å².